The molecular formula is C24H37NO2S. The Kier molecular flexibility index (Phi) is 5.90. The Morgan fingerprint density at radius 2 is 1.54 bits per heavy atom. The molecule has 0 amide bonds. The van der Waals surface area contributed by atoms with Crippen molar-refractivity contribution in [3.63, 3.8) is 0 Å². The molecule has 1 atom stereocenters. The Morgan fingerprint density at radius 1 is 0.964 bits per heavy atom. The Balaban J connectivity index is 1.52. The maximum atomic E-state index is 13.2. The standard InChI is InChI=1S/C24H37NO2S/c1-3-5-7-18-8-10-22(11-9-18)28(26,27)25-23(6-4-2)24-15-19-12-20(16-24)14-21(13-19)17-24/h8-11,19-21,23,25H,3-7,12-17H2,1-2H3. The van der Waals surface area contributed by atoms with Gasteiger partial charge in [0, 0.05) is 6.04 Å². The number of sulfonamides is 1. The molecule has 156 valence electrons. The quantitative estimate of drug-likeness (QED) is 0.575. The second-order valence-corrected chi connectivity index (χ2v) is 11.7. The van der Waals surface area contributed by atoms with Crippen LogP contribution >= 0.6 is 0 Å². The zero-order chi connectivity index (χ0) is 19.8. The van der Waals surface area contributed by atoms with E-state index in [1.165, 1.54) is 44.1 Å². The van der Waals surface area contributed by atoms with Gasteiger partial charge >= 0.3 is 0 Å². The van der Waals surface area contributed by atoms with Gasteiger partial charge in [-0.15, -0.1) is 0 Å². The lowest BCUT2D eigenvalue weighted by atomic mass is 9.47. The van der Waals surface area contributed by atoms with E-state index in [2.05, 4.69) is 18.6 Å². The molecule has 4 aliphatic carbocycles. The highest BCUT2D eigenvalue weighted by molar-refractivity contribution is 7.89. The van der Waals surface area contributed by atoms with Crippen molar-refractivity contribution in [1.82, 2.24) is 4.72 Å². The molecule has 0 spiro atoms. The minimum absolute atomic E-state index is 0.0932. The van der Waals surface area contributed by atoms with E-state index in [0.29, 0.717) is 4.90 Å². The van der Waals surface area contributed by atoms with Gasteiger partial charge in [0.15, 0.2) is 0 Å². The average Bonchev–Trinajstić information content (AvgIpc) is 2.65. The van der Waals surface area contributed by atoms with Crippen LogP contribution in [0.25, 0.3) is 0 Å². The predicted molar refractivity (Wildman–Crippen MR) is 115 cm³/mol. The van der Waals surface area contributed by atoms with Gasteiger partial charge in [-0.05, 0) is 98.7 Å². The number of hydrogen-bond acceptors (Lipinski definition) is 2. The van der Waals surface area contributed by atoms with Crippen molar-refractivity contribution in [3.8, 4) is 0 Å². The molecular weight excluding hydrogens is 366 g/mol. The van der Waals surface area contributed by atoms with Crippen LogP contribution in [-0.2, 0) is 16.4 Å². The van der Waals surface area contributed by atoms with E-state index >= 15 is 0 Å². The number of rotatable bonds is 9. The summed E-state index contributed by atoms with van der Waals surface area (Å²) >= 11 is 0. The summed E-state index contributed by atoms with van der Waals surface area (Å²) in [4.78, 5) is 0.429. The van der Waals surface area contributed by atoms with Crippen LogP contribution in [0.15, 0.2) is 29.2 Å². The van der Waals surface area contributed by atoms with Gasteiger partial charge in [-0.3, -0.25) is 0 Å². The fraction of sp³-hybridized carbons (Fsp3) is 0.750. The van der Waals surface area contributed by atoms with E-state index in [1.807, 2.05) is 12.1 Å². The lowest BCUT2D eigenvalue weighted by Crippen LogP contribution is -2.56. The zero-order valence-electron chi connectivity index (χ0n) is 17.6. The van der Waals surface area contributed by atoms with Crippen molar-refractivity contribution in [2.24, 2.45) is 23.2 Å². The fourth-order valence-electron chi connectivity index (χ4n) is 6.85. The van der Waals surface area contributed by atoms with Gasteiger partial charge in [0.2, 0.25) is 10.0 Å². The van der Waals surface area contributed by atoms with Crippen molar-refractivity contribution in [1.29, 1.82) is 0 Å². The zero-order valence-corrected chi connectivity index (χ0v) is 18.4. The van der Waals surface area contributed by atoms with E-state index in [-0.39, 0.29) is 11.5 Å². The molecule has 1 unspecified atom stereocenters. The lowest BCUT2D eigenvalue weighted by molar-refractivity contribution is -0.0712. The van der Waals surface area contributed by atoms with Crippen LogP contribution < -0.4 is 4.72 Å². The molecule has 0 radical (unpaired) electrons. The molecule has 4 bridgehead atoms. The number of nitrogens with one attached hydrogen (secondary N) is 1. The maximum absolute atomic E-state index is 13.2. The van der Waals surface area contributed by atoms with Crippen LogP contribution in [0.5, 0.6) is 0 Å². The molecule has 3 nitrogen and oxygen atoms in total. The first-order chi connectivity index (χ1) is 13.4. The molecule has 4 fully saturated rings. The van der Waals surface area contributed by atoms with Crippen molar-refractivity contribution in [2.45, 2.75) is 95.4 Å². The minimum Gasteiger partial charge on any atom is -0.208 e. The average molecular weight is 404 g/mol. The van der Waals surface area contributed by atoms with Gasteiger partial charge in [0.25, 0.3) is 0 Å². The van der Waals surface area contributed by atoms with E-state index in [4.69, 9.17) is 0 Å². The smallest absolute Gasteiger partial charge is 0.208 e. The summed E-state index contributed by atoms with van der Waals surface area (Å²) < 4.78 is 29.7. The third kappa shape index (κ3) is 4.05. The first-order valence-corrected chi connectivity index (χ1v) is 13.0. The summed E-state index contributed by atoms with van der Waals surface area (Å²) in [6.07, 6.45) is 13.2. The van der Waals surface area contributed by atoms with Crippen molar-refractivity contribution in [2.75, 3.05) is 0 Å². The Morgan fingerprint density at radius 3 is 2.04 bits per heavy atom. The Hall–Kier alpha value is -0.870. The predicted octanol–water partition coefficient (Wildman–Crippen LogP) is 5.69. The monoisotopic (exact) mass is 403 g/mol. The van der Waals surface area contributed by atoms with E-state index in [9.17, 15) is 8.42 Å². The number of aryl methyl sites for hydroxylation is 1. The number of benzene rings is 1. The van der Waals surface area contributed by atoms with Crippen LogP contribution in [-0.4, -0.2) is 14.5 Å². The van der Waals surface area contributed by atoms with Crippen LogP contribution in [0.2, 0.25) is 0 Å². The number of hydrogen-bond donors (Lipinski definition) is 1. The SMILES string of the molecule is CCCCc1ccc(S(=O)(=O)NC(CCC)C23CC4CC(CC(C4)C2)C3)cc1. The van der Waals surface area contributed by atoms with Crippen LogP contribution in [0.4, 0.5) is 0 Å². The fourth-order valence-corrected chi connectivity index (χ4v) is 8.23. The topological polar surface area (TPSA) is 46.2 Å². The van der Waals surface area contributed by atoms with Gasteiger partial charge < -0.3 is 0 Å². The van der Waals surface area contributed by atoms with Crippen LogP contribution in [0.1, 0.15) is 83.6 Å². The van der Waals surface area contributed by atoms with Crippen molar-refractivity contribution in [3.05, 3.63) is 29.8 Å². The Bertz CT molecular complexity index is 733. The van der Waals surface area contributed by atoms with E-state index in [0.717, 1.165) is 49.9 Å². The highest BCUT2D eigenvalue weighted by Crippen LogP contribution is 2.61. The third-order valence-corrected chi connectivity index (χ3v) is 9.24. The van der Waals surface area contributed by atoms with Gasteiger partial charge in [-0.2, -0.15) is 0 Å². The molecule has 1 N–H and O–H groups in total. The normalized spacial score (nSPS) is 32.6. The largest absolute Gasteiger partial charge is 0.240 e. The summed E-state index contributed by atoms with van der Waals surface area (Å²) in [6, 6.07) is 7.68. The third-order valence-electron chi connectivity index (χ3n) is 7.75. The van der Waals surface area contributed by atoms with Crippen LogP contribution in [0, 0.1) is 23.2 Å². The molecule has 5 rings (SSSR count). The van der Waals surface area contributed by atoms with Crippen molar-refractivity contribution >= 4 is 10.0 Å². The lowest BCUT2D eigenvalue weighted by Gasteiger charge is -2.59. The highest BCUT2D eigenvalue weighted by atomic mass is 32.2. The number of unbranched alkanes of at least 4 members (excludes halogenated alkanes) is 1. The van der Waals surface area contributed by atoms with E-state index < -0.39 is 10.0 Å². The van der Waals surface area contributed by atoms with Gasteiger partial charge in [0.1, 0.15) is 0 Å². The minimum atomic E-state index is -3.46. The summed E-state index contributed by atoms with van der Waals surface area (Å²) in [5.74, 6) is 2.52. The molecule has 4 heteroatoms. The molecule has 1 aromatic rings. The molecule has 4 saturated carbocycles. The summed E-state index contributed by atoms with van der Waals surface area (Å²) in [6.45, 7) is 4.37. The highest BCUT2D eigenvalue weighted by Gasteiger charge is 2.54. The van der Waals surface area contributed by atoms with Gasteiger partial charge in [-0.25, -0.2) is 13.1 Å². The molecule has 0 aliphatic heterocycles. The van der Waals surface area contributed by atoms with Gasteiger partial charge in [0.05, 0.1) is 4.90 Å². The first kappa shape index (κ1) is 20.4. The molecule has 4 aliphatic rings. The summed E-state index contributed by atoms with van der Waals surface area (Å²) in [5, 5.41) is 0. The first-order valence-electron chi connectivity index (χ1n) is 11.6. The molecule has 0 aromatic heterocycles. The Labute approximate surface area is 171 Å². The second-order valence-electron chi connectivity index (χ2n) is 9.99. The molecule has 0 saturated heterocycles. The molecule has 1 aromatic carbocycles. The molecule has 0 heterocycles. The molecule has 28 heavy (non-hydrogen) atoms. The van der Waals surface area contributed by atoms with Crippen LogP contribution in [0.3, 0.4) is 0 Å². The summed E-state index contributed by atoms with van der Waals surface area (Å²) in [7, 11) is -3.46. The van der Waals surface area contributed by atoms with Gasteiger partial charge in [-0.1, -0.05) is 38.8 Å². The van der Waals surface area contributed by atoms with E-state index in [1.54, 1.807) is 12.1 Å². The maximum Gasteiger partial charge on any atom is 0.240 e. The second kappa shape index (κ2) is 8.10. The van der Waals surface area contributed by atoms with Crippen molar-refractivity contribution < 1.29 is 8.42 Å². The summed E-state index contributed by atoms with van der Waals surface area (Å²) in [5.41, 5.74) is 1.44.